The fourth-order valence-electron chi connectivity index (χ4n) is 1.47. The van der Waals surface area contributed by atoms with Gasteiger partial charge in [0.15, 0.2) is 0 Å². The summed E-state index contributed by atoms with van der Waals surface area (Å²) in [6.45, 7) is 4.50. The molecule has 70 valence electrons. The van der Waals surface area contributed by atoms with E-state index in [9.17, 15) is 0 Å². The summed E-state index contributed by atoms with van der Waals surface area (Å²) in [6, 6.07) is 4.64. The second-order valence-electron chi connectivity index (χ2n) is 2.98. The van der Waals surface area contributed by atoms with Crippen molar-refractivity contribution in [3.63, 3.8) is 0 Å². The van der Waals surface area contributed by atoms with Crippen LogP contribution < -0.4 is 4.46 Å². The molecule has 1 aromatic carbocycles. The second kappa shape index (κ2) is 4.31. The standard InChI is InChI=1S/C10H12S2Se/c1-3-7-5-6-8(4-2)10-9(7)11-12-13-10/h5-6H,3-4H2,1-2H3. The van der Waals surface area contributed by atoms with Gasteiger partial charge in [0.2, 0.25) is 0 Å². The third kappa shape index (κ3) is 1.80. The first-order valence-electron chi connectivity index (χ1n) is 4.52. The number of hydrogen-bond donors (Lipinski definition) is 0. The molecule has 0 aromatic heterocycles. The molecule has 0 bridgehead atoms. The van der Waals surface area contributed by atoms with E-state index in [2.05, 4.69) is 26.0 Å². The molecule has 0 radical (unpaired) electrons. The number of aryl methyl sites for hydroxylation is 2. The topological polar surface area (TPSA) is 0 Å². The Bertz CT molecular complexity index is 292. The molecule has 0 spiro atoms. The van der Waals surface area contributed by atoms with Crippen LogP contribution in [0.4, 0.5) is 0 Å². The van der Waals surface area contributed by atoms with E-state index in [1.807, 2.05) is 20.0 Å². The molecule has 0 amide bonds. The van der Waals surface area contributed by atoms with Crippen LogP contribution in [0, 0.1) is 0 Å². The Morgan fingerprint density at radius 2 is 1.85 bits per heavy atom. The molecule has 13 heavy (non-hydrogen) atoms. The predicted molar refractivity (Wildman–Crippen MR) is 64.0 cm³/mol. The van der Waals surface area contributed by atoms with Gasteiger partial charge in [0, 0.05) is 0 Å². The van der Waals surface area contributed by atoms with E-state index in [0.29, 0.717) is 13.8 Å². The Morgan fingerprint density at radius 3 is 2.54 bits per heavy atom. The van der Waals surface area contributed by atoms with Crippen LogP contribution in [0.15, 0.2) is 17.0 Å². The van der Waals surface area contributed by atoms with E-state index in [4.69, 9.17) is 0 Å². The molecule has 2 rings (SSSR count). The minimum atomic E-state index is 0.663. The molecule has 1 aliphatic heterocycles. The van der Waals surface area contributed by atoms with Gasteiger partial charge in [-0.1, -0.05) is 0 Å². The fraction of sp³-hybridized carbons (Fsp3) is 0.400. The quantitative estimate of drug-likeness (QED) is 0.601. The third-order valence-electron chi connectivity index (χ3n) is 2.27. The number of benzene rings is 1. The van der Waals surface area contributed by atoms with Crippen molar-refractivity contribution in [2.24, 2.45) is 0 Å². The molecule has 3 heteroatoms. The van der Waals surface area contributed by atoms with E-state index >= 15 is 0 Å². The molecule has 0 unspecified atom stereocenters. The molecule has 0 aliphatic carbocycles. The van der Waals surface area contributed by atoms with Gasteiger partial charge in [0.1, 0.15) is 0 Å². The molecular weight excluding hydrogens is 263 g/mol. The van der Waals surface area contributed by atoms with Crippen LogP contribution in [-0.2, 0) is 12.8 Å². The average Bonchev–Trinajstić information content (AvgIpc) is 2.64. The van der Waals surface area contributed by atoms with Gasteiger partial charge in [-0.3, -0.25) is 0 Å². The first-order chi connectivity index (χ1) is 6.36. The fourth-order valence-corrected chi connectivity index (χ4v) is 9.66. The van der Waals surface area contributed by atoms with Crippen molar-refractivity contribution in [3.8, 4) is 0 Å². The maximum atomic E-state index is 2.33. The van der Waals surface area contributed by atoms with Gasteiger partial charge >= 0.3 is 93.1 Å². The van der Waals surface area contributed by atoms with E-state index in [1.54, 1.807) is 20.5 Å². The molecule has 0 saturated carbocycles. The minimum absolute atomic E-state index is 0.663. The van der Waals surface area contributed by atoms with Crippen molar-refractivity contribution in [1.29, 1.82) is 0 Å². The zero-order valence-electron chi connectivity index (χ0n) is 7.79. The van der Waals surface area contributed by atoms with Crippen LogP contribution in [0.3, 0.4) is 0 Å². The number of fused-ring (bicyclic) bond motifs is 1. The van der Waals surface area contributed by atoms with Crippen LogP contribution in [0.2, 0.25) is 0 Å². The van der Waals surface area contributed by atoms with E-state index in [0.717, 1.165) is 0 Å². The van der Waals surface area contributed by atoms with E-state index < -0.39 is 0 Å². The van der Waals surface area contributed by atoms with Gasteiger partial charge < -0.3 is 0 Å². The molecule has 0 saturated heterocycles. The van der Waals surface area contributed by atoms with E-state index in [1.165, 1.54) is 12.8 Å². The Labute approximate surface area is 92.9 Å². The Morgan fingerprint density at radius 1 is 1.15 bits per heavy atom. The summed E-state index contributed by atoms with van der Waals surface area (Å²) in [5.41, 5.74) is 3.12. The first kappa shape index (κ1) is 9.97. The number of rotatable bonds is 2. The molecular formula is C10H12S2Se. The van der Waals surface area contributed by atoms with Crippen LogP contribution in [0.1, 0.15) is 25.0 Å². The second-order valence-corrected chi connectivity index (χ2v) is 9.24. The SMILES string of the molecule is CCc1ccc(CC)c2c1SS[Se]2. The van der Waals surface area contributed by atoms with Crippen molar-refractivity contribution in [2.75, 3.05) is 0 Å². The van der Waals surface area contributed by atoms with Gasteiger partial charge in [-0.05, 0) is 0 Å². The van der Waals surface area contributed by atoms with Gasteiger partial charge in [0.05, 0.1) is 0 Å². The molecule has 0 N–H and O–H groups in total. The van der Waals surface area contributed by atoms with Gasteiger partial charge in [-0.25, -0.2) is 0 Å². The summed E-state index contributed by atoms with van der Waals surface area (Å²) in [4.78, 5) is 1.59. The predicted octanol–water partition coefficient (Wildman–Crippen LogP) is 2.81. The first-order valence-corrected chi connectivity index (χ1v) is 9.55. The van der Waals surface area contributed by atoms with Crippen LogP contribution in [0.5, 0.6) is 0 Å². The van der Waals surface area contributed by atoms with Crippen LogP contribution in [-0.4, -0.2) is 13.8 Å². The Kier molecular flexibility index (Phi) is 3.31. The normalized spacial score (nSPS) is 14.6. The molecule has 0 fully saturated rings. The molecule has 1 aliphatic rings. The van der Waals surface area contributed by atoms with Gasteiger partial charge in [0.25, 0.3) is 0 Å². The summed E-state index contributed by atoms with van der Waals surface area (Å²) in [5.74, 6) is 0. The summed E-state index contributed by atoms with van der Waals surface area (Å²) >= 11 is 0.663. The third-order valence-corrected chi connectivity index (χ3v) is 9.00. The molecule has 0 atom stereocenters. The Balaban J connectivity index is 2.52. The Hall–Kier alpha value is 0.439. The van der Waals surface area contributed by atoms with E-state index in [-0.39, 0.29) is 0 Å². The number of hydrogen-bond acceptors (Lipinski definition) is 2. The van der Waals surface area contributed by atoms with Crippen molar-refractivity contribution < 1.29 is 0 Å². The monoisotopic (exact) mass is 276 g/mol. The molecule has 0 nitrogen and oxygen atoms in total. The molecule has 1 aromatic rings. The summed E-state index contributed by atoms with van der Waals surface area (Å²) < 4.78 is 1.67. The molecule has 1 heterocycles. The zero-order valence-corrected chi connectivity index (χ0v) is 11.1. The van der Waals surface area contributed by atoms with Crippen molar-refractivity contribution in [1.82, 2.24) is 0 Å². The van der Waals surface area contributed by atoms with Crippen molar-refractivity contribution in [2.45, 2.75) is 31.6 Å². The summed E-state index contributed by atoms with van der Waals surface area (Å²) in [6.07, 6.45) is 2.37. The van der Waals surface area contributed by atoms with Gasteiger partial charge in [-0.15, -0.1) is 0 Å². The van der Waals surface area contributed by atoms with Crippen molar-refractivity contribution >= 4 is 38.3 Å². The summed E-state index contributed by atoms with van der Waals surface area (Å²) in [7, 11) is 4.03. The average molecular weight is 275 g/mol. The van der Waals surface area contributed by atoms with Gasteiger partial charge in [-0.2, -0.15) is 0 Å². The zero-order chi connectivity index (χ0) is 9.26. The summed E-state index contributed by atoms with van der Waals surface area (Å²) in [5, 5.41) is 0. The van der Waals surface area contributed by atoms with Crippen LogP contribution >= 0.6 is 20.0 Å². The maximum absolute atomic E-state index is 2.33. The van der Waals surface area contributed by atoms with Crippen molar-refractivity contribution in [3.05, 3.63) is 23.3 Å². The van der Waals surface area contributed by atoms with Crippen LogP contribution in [0.25, 0.3) is 0 Å².